The molecule has 0 aromatic heterocycles. The molecule has 5 nitrogen and oxygen atoms in total. The van der Waals surface area contributed by atoms with Gasteiger partial charge in [-0.2, -0.15) is 5.26 Å². The fourth-order valence-corrected chi connectivity index (χ4v) is 5.40. The molecule has 0 saturated heterocycles. The number of fused-ring (bicyclic) bond motifs is 2. The highest BCUT2D eigenvalue weighted by Gasteiger charge is 2.30. The zero-order valence-corrected chi connectivity index (χ0v) is 19.7. The summed E-state index contributed by atoms with van der Waals surface area (Å²) in [6.07, 6.45) is 4.49. The van der Waals surface area contributed by atoms with E-state index in [1.165, 1.54) is 16.0 Å². The Labute approximate surface area is 203 Å². The molecule has 0 fully saturated rings. The van der Waals surface area contributed by atoms with Crippen LogP contribution in [0.5, 0.6) is 11.5 Å². The maximum atomic E-state index is 11.1. The first-order valence-corrected chi connectivity index (χ1v) is 12.6. The van der Waals surface area contributed by atoms with Crippen LogP contribution in [0.25, 0.3) is 0 Å². The van der Waals surface area contributed by atoms with Crippen LogP contribution in [0.4, 0.5) is 0 Å². The third-order valence-corrected chi connectivity index (χ3v) is 7.44. The molecule has 0 radical (unpaired) electrons. The number of hydrogen-bond donors (Lipinski definition) is 1. The molecule has 0 saturated carbocycles. The molecule has 3 aromatic carbocycles. The van der Waals surface area contributed by atoms with Crippen molar-refractivity contribution in [2.24, 2.45) is 0 Å². The number of carboxylic acid groups (broad SMARTS) is 1. The van der Waals surface area contributed by atoms with Crippen molar-refractivity contribution in [1.82, 2.24) is 0 Å². The van der Waals surface area contributed by atoms with E-state index in [9.17, 15) is 10.1 Å². The number of nitrogens with zero attached hydrogens (tertiary/aromatic N) is 1. The first-order valence-electron chi connectivity index (χ1n) is 11.4. The molecule has 3 aromatic rings. The second-order valence-electron chi connectivity index (χ2n) is 8.75. The first-order chi connectivity index (χ1) is 16.6. The smallest absolute Gasteiger partial charge is 0.304 e. The quantitative estimate of drug-likeness (QED) is 0.433. The first kappa shape index (κ1) is 22.4. The number of benzene rings is 3. The van der Waals surface area contributed by atoms with E-state index in [0.29, 0.717) is 18.1 Å². The Kier molecular flexibility index (Phi) is 6.21. The van der Waals surface area contributed by atoms with E-state index in [-0.39, 0.29) is 18.4 Å². The average Bonchev–Trinajstić information content (AvgIpc) is 3.43. The molecule has 1 aliphatic carbocycles. The van der Waals surface area contributed by atoms with Crippen LogP contribution in [0, 0.1) is 11.3 Å². The second kappa shape index (κ2) is 9.44. The van der Waals surface area contributed by atoms with Crippen LogP contribution < -0.4 is 9.47 Å². The van der Waals surface area contributed by atoms with Crippen molar-refractivity contribution in [3.63, 3.8) is 0 Å². The number of carboxylic acids is 1. The number of nitriles is 1. The van der Waals surface area contributed by atoms with E-state index >= 15 is 0 Å². The highest BCUT2D eigenvalue weighted by Crippen LogP contribution is 2.42. The van der Waals surface area contributed by atoms with Gasteiger partial charge in [0.1, 0.15) is 17.6 Å². The summed E-state index contributed by atoms with van der Waals surface area (Å²) in [6.45, 7) is 0.384. The maximum Gasteiger partial charge on any atom is 0.304 e. The van der Waals surface area contributed by atoms with Gasteiger partial charge in [-0.1, -0.05) is 24.3 Å². The van der Waals surface area contributed by atoms with Gasteiger partial charge in [0.15, 0.2) is 0 Å². The number of thioether (sulfide) groups is 1. The third-order valence-electron chi connectivity index (χ3n) is 6.70. The van der Waals surface area contributed by atoms with Gasteiger partial charge in [-0.15, -0.1) is 11.8 Å². The minimum atomic E-state index is -0.822. The standard InChI is InChI=1S/C28H25NO4S/c1-34-21-6-2-17(3-7-21)12-25-18(15-29)4-8-24-23(25)10-11-26(24)33-20-5-9-22-19(13-28(30)31)16-32-27(22)14-20/h2-9,14,19,26H,10-13,16H2,1H3,(H,30,31)/t19?,26-/m1/s1. The molecule has 172 valence electrons. The third kappa shape index (κ3) is 4.36. The Morgan fingerprint density at radius 2 is 1.97 bits per heavy atom. The van der Waals surface area contributed by atoms with Crippen molar-refractivity contribution < 1.29 is 19.4 Å². The number of rotatable bonds is 7. The van der Waals surface area contributed by atoms with Gasteiger partial charge in [0.05, 0.1) is 24.7 Å². The van der Waals surface area contributed by atoms with Crippen molar-refractivity contribution >= 4 is 17.7 Å². The fraction of sp³-hybridized carbons (Fsp3) is 0.286. The Hall–Kier alpha value is -3.43. The van der Waals surface area contributed by atoms with Crippen LogP contribution in [0.3, 0.4) is 0 Å². The molecule has 1 heterocycles. The predicted octanol–water partition coefficient (Wildman–Crippen LogP) is 5.89. The lowest BCUT2D eigenvalue weighted by Gasteiger charge is -2.17. The molecule has 5 rings (SSSR count). The average molecular weight is 472 g/mol. The Morgan fingerprint density at radius 1 is 1.18 bits per heavy atom. The van der Waals surface area contributed by atoms with Gasteiger partial charge >= 0.3 is 5.97 Å². The largest absolute Gasteiger partial charge is 0.492 e. The maximum absolute atomic E-state index is 11.1. The van der Waals surface area contributed by atoms with E-state index in [4.69, 9.17) is 14.6 Å². The fourth-order valence-electron chi connectivity index (χ4n) is 4.99. The molecule has 1 unspecified atom stereocenters. The van der Waals surface area contributed by atoms with E-state index in [1.54, 1.807) is 11.8 Å². The molecule has 0 amide bonds. The van der Waals surface area contributed by atoms with Crippen LogP contribution >= 0.6 is 11.8 Å². The molecular weight excluding hydrogens is 446 g/mol. The summed E-state index contributed by atoms with van der Waals surface area (Å²) < 4.78 is 12.1. The van der Waals surface area contributed by atoms with E-state index < -0.39 is 5.97 Å². The lowest BCUT2D eigenvalue weighted by molar-refractivity contribution is -0.137. The van der Waals surface area contributed by atoms with E-state index in [2.05, 4.69) is 36.6 Å². The number of hydrogen-bond acceptors (Lipinski definition) is 5. The zero-order valence-electron chi connectivity index (χ0n) is 18.9. The molecular formula is C28H25NO4S. The van der Waals surface area contributed by atoms with Crippen molar-refractivity contribution in [2.75, 3.05) is 12.9 Å². The van der Waals surface area contributed by atoms with Gasteiger partial charge in [0.2, 0.25) is 0 Å². The van der Waals surface area contributed by atoms with E-state index in [1.807, 2.05) is 30.3 Å². The summed E-state index contributed by atoms with van der Waals surface area (Å²) in [4.78, 5) is 12.3. The number of ether oxygens (including phenoxy) is 2. The summed E-state index contributed by atoms with van der Waals surface area (Å²) in [5.74, 6) is 0.477. The van der Waals surface area contributed by atoms with Gasteiger partial charge in [0, 0.05) is 22.4 Å². The van der Waals surface area contributed by atoms with Crippen LogP contribution in [0.15, 0.2) is 59.5 Å². The molecule has 0 spiro atoms. The van der Waals surface area contributed by atoms with Crippen molar-refractivity contribution in [3.8, 4) is 17.6 Å². The lowest BCUT2D eigenvalue weighted by Crippen LogP contribution is -2.07. The van der Waals surface area contributed by atoms with Crippen LogP contribution in [0.1, 0.15) is 58.2 Å². The summed E-state index contributed by atoms with van der Waals surface area (Å²) in [6, 6.07) is 20.5. The van der Waals surface area contributed by atoms with Gasteiger partial charge in [-0.25, -0.2) is 0 Å². The SMILES string of the molecule is CSc1ccc(Cc2c(C#N)ccc3c2CC[C@H]3Oc2ccc3c(c2)OCC3CC(=O)O)cc1. The highest BCUT2D eigenvalue weighted by molar-refractivity contribution is 7.98. The van der Waals surface area contributed by atoms with E-state index in [0.717, 1.165) is 41.5 Å². The minimum Gasteiger partial charge on any atom is -0.492 e. The second-order valence-corrected chi connectivity index (χ2v) is 9.63. The van der Waals surface area contributed by atoms with Crippen molar-refractivity contribution in [1.29, 1.82) is 5.26 Å². The zero-order chi connectivity index (χ0) is 23.7. The topological polar surface area (TPSA) is 79.5 Å². The predicted molar refractivity (Wildman–Crippen MR) is 131 cm³/mol. The molecule has 1 N–H and O–H groups in total. The van der Waals surface area contributed by atoms with Crippen LogP contribution in [-0.4, -0.2) is 23.9 Å². The number of aliphatic carboxylic acids is 1. The highest BCUT2D eigenvalue weighted by atomic mass is 32.2. The molecule has 6 heteroatoms. The number of carbonyl (C=O) groups is 1. The Bertz CT molecular complexity index is 1280. The minimum absolute atomic E-state index is 0.0627. The molecule has 2 atom stereocenters. The molecule has 2 aliphatic rings. The van der Waals surface area contributed by atoms with Gasteiger partial charge < -0.3 is 14.6 Å². The Morgan fingerprint density at radius 3 is 2.71 bits per heavy atom. The Balaban J connectivity index is 1.38. The summed E-state index contributed by atoms with van der Waals surface area (Å²) in [7, 11) is 0. The summed E-state index contributed by atoms with van der Waals surface area (Å²) in [5.41, 5.74) is 6.30. The lowest BCUT2D eigenvalue weighted by atomic mass is 9.92. The van der Waals surface area contributed by atoms with Gasteiger partial charge in [-0.05, 0) is 72.0 Å². The van der Waals surface area contributed by atoms with Crippen LogP contribution in [0.2, 0.25) is 0 Å². The normalized spacial score (nSPS) is 18.0. The molecule has 34 heavy (non-hydrogen) atoms. The van der Waals surface area contributed by atoms with Crippen LogP contribution in [-0.2, 0) is 17.6 Å². The van der Waals surface area contributed by atoms with Crippen molar-refractivity contribution in [3.05, 3.63) is 88.0 Å². The molecule has 1 aliphatic heterocycles. The molecule has 0 bridgehead atoms. The van der Waals surface area contributed by atoms with Crippen molar-refractivity contribution in [2.45, 2.75) is 42.6 Å². The summed E-state index contributed by atoms with van der Waals surface area (Å²) >= 11 is 1.72. The van der Waals surface area contributed by atoms with Gasteiger partial charge in [0.25, 0.3) is 0 Å². The monoisotopic (exact) mass is 471 g/mol. The summed E-state index contributed by atoms with van der Waals surface area (Å²) in [5, 5.41) is 18.9. The van der Waals surface area contributed by atoms with Gasteiger partial charge in [-0.3, -0.25) is 4.79 Å².